The summed E-state index contributed by atoms with van der Waals surface area (Å²) in [6.07, 6.45) is -0.116. The summed E-state index contributed by atoms with van der Waals surface area (Å²) >= 11 is 0. The first-order chi connectivity index (χ1) is 26.3. The molecule has 11 rings (SSSR count). The van der Waals surface area contributed by atoms with Crippen molar-refractivity contribution in [2.24, 2.45) is 0 Å². The maximum Gasteiger partial charge on any atom is 0.137 e. The highest BCUT2D eigenvalue weighted by molar-refractivity contribution is 6.14. The fraction of sp³-hybridized carbons (Fsp3) is 0.0204. The fourth-order valence-electron chi connectivity index (χ4n) is 8.28. The van der Waals surface area contributed by atoms with Crippen LogP contribution in [0.1, 0.15) is 11.7 Å². The Kier molecular flexibility index (Phi) is 6.58. The minimum atomic E-state index is -0.116. The van der Waals surface area contributed by atoms with Gasteiger partial charge in [0, 0.05) is 44.7 Å². The Bertz CT molecular complexity index is 2980. The van der Waals surface area contributed by atoms with Crippen molar-refractivity contribution in [3.63, 3.8) is 0 Å². The third-order valence-electron chi connectivity index (χ3n) is 10.7. The Labute approximate surface area is 306 Å². The van der Waals surface area contributed by atoms with Crippen molar-refractivity contribution in [1.29, 1.82) is 0 Å². The first-order valence-electron chi connectivity index (χ1n) is 18.1. The van der Waals surface area contributed by atoms with E-state index in [1.807, 2.05) is 0 Å². The van der Waals surface area contributed by atoms with E-state index in [1.54, 1.807) is 0 Å². The predicted octanol–water partition coefficient (Wildman–Crippen LogP) is 13.9. The normalized spacial score (nSPS) is 14.0. The first kappa shape index (κ1) is 29.7. The van der Waals surface area contributed by atoms with Gasteiger partial charge in [-0.1, -0.05) is 133 Å². The molecule has 250 valence electrons. The van der Waals surface area contributed by atoms with Gasteiger partial charge in [0.25, 0.3) is 0 Å². The predicted molar refractivity (Wildman–Crippen MR) is 220 cm³/mol. The standard InChI is InChI=1S/C49H32N3O/c1-3-12-32(13-4-1)35-24-28-40-39-16-7-9-19-43(39)51(45(40)30-35)37-27-29-41-47(31-37)53-46-21-11-17-38(48(41)46)33-22-25-36(26-23-33)52-44-20-10-8-18-42(44)50-49(52)34-14-5-2-6-15-34/h1-31,49H/q-1. The van der Waals surface area contributed by atoms with Gasteiger partial charge in [-0.25, -0.2) is 0 Å². The highest BCUT2D eigenvalue weighted by Gasteiger charge is 2.23. The largest absolute Gasteiger partial charge is 0.659 e. The van der Waals surface area contributed by atoms with Crippen molar-refractivity contribution in [1.82, 2.24) is 4.57 Å². The summed E-state index contributed by atoms with van der Waals surface area (Å²) in [5, 5.41) is 9.81. The summed E-state index contributed by atoms with van der Waals surface area (Å²) < 4.78 is 9.01. The van der Waals surface area contributed by atoms with Crippen LogP contribution in [0.2, 0.25) is 0 Å². The molecule has 1 atom stereocenters. The zero-order valence-corrected chi connectivity index (χ0v) is 28.7. The Morgan fingerprint density at radius 1 is 0.453 bits per heavy atom. The maximum atomic E-state index is 6.64. The molecule has 0 spiro atoms. The molecule has 1 aliphatic rings. The van der Waals surface area contributed by atoms with Gasteiger partial charge in [-0.05, 0) is 82.5 Å². The summed E-state index contributed by atoms with van der Waals surface area (Å²) in [5.74, 6) is 0. The zero-order valence-electron chi connectivity index (χ0n) is 28.7. The third kappa shape index (κ3) is 4.69. The van der Waals surface area contributed by atoms with Crippen molar-refractivity contribution < 1.29 is 4.42 Å². The number of furan rings is 1. The van der Waals surface area contributed by atoms with Gasteiger partial charge in [-0.3, -0.25) is 0 Å². The van der Waals surface area contributed by atoms with Gasteiger partial charge in [0.05, 0.1) is 11.0 Å². The molecule has 0 saturated carbocycles. The minimum absolute atomic E-state index is 0.116. The molecule has 0 saturated heterocycles. The Balaban J connectivity index is 1.01. The minimum Gasteiger partial charge on any atom is -0.659 e. The zero-order chi connectivity index (χ0) is 34.9. The second-order valence-corrected chi connectivity index (χ2v) is 13.7. The van der Waals surface area contributed by atoms with E-state index in [-0.39, 0.29) is 6.17 Å². The molecule has 0 radical (unpaired) electrons. The average Bonchev–Trinajstić information content (AvgIpc) is 3.91. The van der Waals surface area contributed by atoms with Crippen LogP contribution in [0.4, 0.5) is 17.1 Å². The molecule has 0 bridgehead atoms. The second kappa shape index (κ2) is 11.8. The van der Waals surface area contributed by atoms with E-state index < -0.39 is 0 Å². The second-order valence-electron chi connectivity index (χ2n) is 13.7. The van der Waals surface area contributed by atoms with Crippen LogP contribution >= 0.6 is 0 Å². The Hall–Kier alpha value is -7.04. The van der Waals surface area contributed by atoms with Gasteiger partial charge in [-0.15, -0.1) is 5.69 Å². The third-order valence-corrected chi connectivity index (χ3v) is 10.7. The molecule has 4 nitrogen and oxygen atoms in total. The van der Waals surface area contributed by atoms with E-state index in [1.165, 1.54) is 38.5 Å². The van der Waals surface area contributed by atoms with E-state index in [4.69, 9.17) is 9.73 Å². The number of rotatable bonds is 5. The molecular weight excluding hydrogens is 647 g/mol. The molecule has 1 aliphatic heterocycles. The van der Waals surface area contributed by atoms with E-state index in [0.717, 1.165) is 55.8 Å². The highest BCUT2D eigenvalue weighted by Crippen LogP contribution is 2.53. The molecule has 0 fully saturated rings. The highest BCUT2D eigenvalue weighted by atomic mass is 16.3. The van der Waals surface area contributed by atoms with Gasteiger partial charge in [0.1, 0.15) is 11.2 Å². The van der Waals surface area contributed by atoms with Crippen molar-refractivity contribution >= 4 is 60.8 Å². The summed E-state index contributed by atoms with van der Waals surface area (Å²) in [5.41, 5.74) is 14.3. The summed E-state index contributed by atoms with van der Waals surface area (Å²) in [7, 11) is 0. The Morgan fingerprint density at radius 2 is 1.15 bits per heavy atom. The lowest BCUT2D eigenvalue weighted by Gasteiger charge is -2.35. The molecule has 10 aromatic rings. The smallest absolute Gasteiger partial charge is 0.137 e. The molecule has 1 unspecified atom stereocenters. The lowest BCUT2D eigenvalue weighted by Crippen LogP contribution is -2.18. The van der Waals surface area contributed by atoms with Crippen LogP contribution in [0.25, 0.3) is 77.0 Å². The molecule has 53 heavy (non-hydrogen) atoms. The van der Waals surface area contributed by atoms with E-state index in [9.17, 15) is 0 Å². The SMILES string of the molecule is c1ccc(-c2ccc3c4ccccc4n(-c4ccc5c(c4)oc4cccc(-c6ccc(N7c8ccccc8[N-]C7c7ccccc7)cc6)c45)c3c2)cc1. The topological polar surface area (TPSA) is 35.4 Å². The summed E-state index contributed by atoms with van der Waals surface area (Å²) in [6.45, 7) is 0. The lowest BCUT2D eigenvalue weighted by atomic mass is 9.99. The number of benzene rings is 8. The molecule has 3 heterocycles. The van der Waals surface area contributed by atoms with Crippen molar-refractivity contribution in [3.05, 3.63) is 199 Å². The van der Waals surface area contributed by atoms with Crippen LogP contribution < -0.4 is 4.90 Å². The van der Waals surface area contributed by atoms with Crippen LogP contribution in [0.5, 0.6) is 0 Å². The molecule has 0 N–H and O–H groups in total. The van der Waals surface area contributed by atoms with Gasteiger partial charge >= 0.3 is 0 Å². The number of hydrogen-bond acceptors (Lipinski definition) is 2. The first-order valence-corrected chi connectivity index (χ1v) is 18.1. The van der Waals surface area contributed by atoms with Crippen LogP contribution in [-0.2, 0) is 0 Å². The van der Waals surface area contributed by atoms with Crippen molar-refractivity contribution in [2.45, 2.75) is 6.17 Å². The number of nitrogens with zero attached hydrogens (tertiary/aromatic N) is 3. The number of anilines is 2. The monoisotopic (exact) mass is 678 g/mol. The van der Waals surface area contributed by atoms with Gasteiger partial charge < -0.3 is 19.2 Å². The lowest BCUT2D eigenvalue weighted by molar-refractivity contribution is 0.668. The fourth-order valence-corrected chi connectivity index (χ4v) is 8.28. The van der Waals surface area contributed by atoms with Crippen LogP contribution in [0.3, 0.4) is 0 Å². The van der Waals surface area contributed by atoms with Crippen LogP contribution in [-0.4, -0.2) is 4.57 Å². The molecule has 0 aliphatic carbocycles. The molecule has 0 amide bonds. The van der Waals surface area contributed by atoms with Crippen molar-refractivity contribution in [2.75, 3.05) is 4.90 Å². The summed E-state index contributed by atoms with van der Waals surface area (Å²) in [6, 6.07) is 66.9. The van der Waals surface area contributed by atoms with Crippen molar-refractivity contribution in [3.8, 4) is 27.9 Å². The van der Waals surface area contributed by atoms with E-state index >= 15 is 0 Å². The van der Waals surface area contributed by atoms with E-state index in [0.29, 0.717) is 0 Å². The van der Waals surface area contributed by atoms with Gasteiger partial charge in [0.2, 0.25) is 0 Å². The number of fused-ring (bicyclic) bond motifs is 7. The number of aromatic nitrogens is 1. The maximum absolute atomic E-state index is 6.64. The number of hydrogen-bond donors (Lipinski definition) is 0. The van der Waals surface area contributed by atoms with Crippen LogP contribution in [0, 0.1) is 0 Å². The molecule has 8 aromatic carbocycles. The molecule has 2 aromatic heterocycles. The van der Waals surface area contributed by atoms with E-state index in [2.05, 4.69) is 198 Å². The van der Waals surface area contributed by atoms with Gasteiger partial charge in [0.15, 0.2) is 0 Å². The average molecular weight is 679 g/mol. The number of para-hydroxylation sites is 3. The molecule has 4 heteroatoms. The molecular formula is C49H32N3O-. The summed E-state index contributed by atoms with van der Waals surface area (Å²) in [4.78, 5) is 2.33. The van der Waals surface area contributed by atoms with Gasteiger partial charge in [-0.2, -0.15) is 0 Å². The quantitative estimate of drug-likeness (QED) is 0.182. The van der Waals surface area contributed by atoms with Crippen LogP contribution in [0.15, 0.2) is 192 Å². The Morgan fingerprint density at radius 3 is 2.02 bits per heavy atom.